The first-order valence-corrected chi connectivity index (χ1v) is 9.34. The lowest BCUT2D eigenvalue weighted by Crippen LogP contribution is -2.49. The Hall–Kier alpha value is -2.24. The number of halogens is 1. The maximum atomic E-state index is 12.8. The molecule has 2 aromatic rings. The van der Waals surface area contributed by atoms with Gasteiger partial charge in [-0.15, -0.1) is 0 Å². The van der Waals surface area contributed by atoms with Crippen LogP contribution in [-0.4, -0.2) is 56.6 Å². The number of carbonyl (C=O) groups excluding carboxylic acids is 1. The number of nitrogens with zero attached hydrogens (tertiary/aromatic N) is 2. The van der Waals surface area contributed by atoms with Gasteiger partial charge in [-0.1, -0.05) is 29.8 Å². The second kappa shape index (κ2) is 8.63. The molecule has 1 unspecified atom stereocenters. The van der Waals surface area contributed by atoms with E-state index in [1.54, 1.807) is 14.2 Å². The van der Waals surface area contributed by atoms with E-state index in [1.807, 2.05) is 47.4 Å². The lowest BCUT2D eigenvalue weighted by atomic mass is 10.0. The van der Waals surface area contributed by atoms with Gasteiger partial charge in [-0.3, -0.25) is 9.69 Å². The van der Waals surface area contributed by atoms with Gasteiger partial charge in [0.25, 0.3) is 0 Å². The summed E-state index contributed by atoms with van der Waals surface area (Å²) in [6.07, 6.45) is 0.388. The van der Waals surface area contributed by atoms with Crippen molar-refractivity contribution in [1.29, 1.82) is 0 Å². The zero-order valence-electron chi connectivity index (χ0n) is 15.9. The van der Waals surface area contributed by atoms with Crippen LogP contribution in [-0.2, 0) is 11.2 Å². The average molecular weight is 389 g/mol. The Bertz CT molecular complexity index is 795. The highest BCUT2D eigenvalue weighted by Gasteiger charge is 2.29. The first-order valence-electron chi connectivity index (χ1n) is 8.96. The Morgan fingerprint density at radius 3 is 2.44 bits per heavy atom. The lowest BCUT2D eigenvalue weighted by Gasteiger charge is -2.40. The van der Waals surface area contributed by atoms with Crippen molar-refractivity contribution in [3.05, 3.63) is 58.6 Å². The van der Waals surface area contributed by atoms with Gasteiger partial charge >= 0.3 is 0 Å². The van der Waals surface area contributed by atoms with Gasteiger partial charge in [0.05, 0.1) is 26.7 Å². The van der Waals surface area contributed by atoms with Crippen LogP contribution in [0.2, 0.25) is 5.02 Å². The molecule has 3 rings (SSSR count). The summed E-state index contributed by atoms with van der Waals surface area (Å²) in [4.78, 5) is 17.0. The Morgan fingerprint density at radius 1 is 1.07 bits per heavy atom. The van der Waals surface area contributed by atoms with Gasteiger partial charge in [-0.2, -0.15) is 0 Å². The summed E-state index contributed by atoms with van der Waals surface area (Å²) in [6.45, 7) is 2.20. The first-order chi connectivity index (χ1) is 13.0. The topological polar surface area (TPSA) is 42.0 Å². The van der Waals surface area contributed by atoms with Gasteiger partial charge in [0.15, 0.2) is 11.5 Å². The second-order valence-corrected chi connectivity index (χ2v) is 7.19. The summed E-state index contributed by atoms with van der Waals surface area (Å²) in [6, 6.07) is 13.5. The van der Waals surface area contributed by atoms with Gasteiger partial charge in [-0.25, -0.2) is 0 Å². The molecule has 0 radical (unpaired) electrons. The number of carbonyl (C=O) groups is 1. The van der Waals surface area contributed by atoms with Gasteiger partial charge in [0.2, 0.25) is 5.91 Å². The van der Waals surface area contributed by atoms with E-state index in [1.165, 1.54) is 0 Å². The molecule has 0 spiro atoms. The summed E-state index contributed by atoms with van der Waals surface area (Å²) < 4.78 is 10.8. The smallest absolute Gasteiger partial charge is 0.227 e. The normalized spacial score (nSPS) is 17.6. The molecule has 1 fully saturated rings. The van der Waals surface area contributed by atoms with Crippen LogP contribution in [0.25, 0.3) is 0 Å². The van der Waals surface area contributed by atoms with E-state index in [4.69, 9.17) is 21.1 Å². The van der Waals surface area contributed by atoms with Gasteiger partial charge in [0, 0.05) is 24.7 Å². The molecule has 0 aliphatic carbocycles. The zero-order chi connectivity index (χ0) is 19.4. The molecule has 1 atom stereocenters. The molecule has 0 bridgehead atoms. The second-order valence-electron chi connectivity index (χ2n) is 6.75. The maximum absolute atomic E-state index is 12.8. The Labute approximate surface area is 165 Å². The third kappa shape index (κ3) is 4.54. The predicted octanol–water partition coefficient (Wildman–Crippen LogP) is 3.42. The number of hydrogen-bond donors (Lipinski definition) is 0. The maximum Gasteiger partial charge on any atom is 0.227 e. The zero-order valence-corrected chi connectivity index (χ0v) is 16.7. The summed E-state index contributed by atoms with van der Waals surface area (Å²) >= 11 is 5.93. The highest BCUT2D eigenvalue weighted by atomic mass is 35.5. The molecule has 2 aromatic carbocycles. The number of rotatable bonds is 5. The van der Waals surface area contributed by atoms with E-state index in [0.29, 0.717) is 29.5 Å². The fourth-order valence-electron chi connectivity index (χ4n) is 3.41. The number of amides is 1. The minimum absolute atomic E-state index is 0.118. The van der Waals surface area contributed by atoms with Gasteiger partial charge in [-0.05, 0) is 42.4 Å². The quantitative estimate of drug-likeness (QED) is 0.787. The highest BCUT2D eigenvalue weighted by molar-refractivity contribution is 6.30. The van der Waals surface area contributed by atoms with Crippen LogP contribution in [0.3, 0.4) is 0 Å². The molecule has 0 aromatic heterocycles. The van der Waals surface area contributed by atoms with Crippen molar-refractivity contribution < 1.29 is 14.3 Å². The molecule has 1 amide bonds. The SMILES string of the molecule is COc1ccc(C2CN(C(=O)Cc3ccc(Cl)cc3)CCN2C)cc1OC. The molecular weight excluding hydrogens is 364 g/mol. The number of hydrogen-bond acceptors (Lipinski definition) is 4. The summed E-state index contributed by atoms with van der Waals surface area (Å²) in [5.74, 6) is 1.54. The van der Waals surface area contributed by atoms with Crippen molar-refractivity contribution in [1.82, 2.24) is 9.80 Å². The molecule has 6 heteroatoms. The van der Waals surface area contributed by atoms with Crippen molar-refractivity contribution >= 4 is 17.5 Å². The van der Waals surface area contributed by atoms with Crippen molar-refractivity contribution in [3.8, 4) is 11.5 Å². The summed E-state index contributed by atoms with van der Waals surface area (Å²) in [7, 11) is 5.35. The molecule has 0 N–H and O–H groups in total. The number of piperazine rings is 1. The van der Waals surface area contributed by atoms with Crippen molar-refractivity contribution in [2.45, 2.75) is 12.5 Å². The van der Waals surface area contributed by atoms with E-state index in [-0.39, 0.29) is 11.9 Å². The van der Waals surface area contributed by atoms with E-state index in [9.17, 15) is 4.79 Å². The fraction of sp³-hybridized carbons (Fsp3) is 0.381. The van der Waals surface area contributed by atoms with Gasteiger partial charge < -0.3 is 14.4 Å². The molecule has 27 heavy (non-hydrogen) atoms. The molecule has 1 aliphatic rings. The van der Waals surface area contributed by atoms with Crippen LogP contribution in [0.1, 0.15) is 17.2 Å². The Kier molecular flexibility index (Phi) is 6.24. The van der Waals surface area contributed by atoms with Crippen LogP contribution in [0.4, 0.5) is 0 Å². The van der Waals surface area contributed by atoms with E-state index in [2.05, 4.69) is 11.9 Å². The third-order valence-electron chi connectivity index (χ3n) is 5.06. The van der Waals surface area contributed by atoms with E-state index < -0.39 is 0 Å². The monoisotopic (exact) mass is 388 g/mol. The van der Waals surface area contributed by atoms with Crippen LogP contribution >= 0.6 is 11.6 Å². The number of likely N-dealkylation sites (N-methyl/N-ethyl adjacent to an activating group) is 1. The third-order valence-corrected chi connectivity index (χ3v) is 5.31. The number of benzene rings is 2. The summed E-state index contributed by atoms with van der Waals surface area (Å²) in [5.41, 5.74) is 2.09. The standard InChI is InChI=1S/C21H25ClN2O3/c1-23-10-11-24(21(25)12-15-4-7-17(22)8-5-15)14-18(23)16-6-9-19(26-2)20(13-16)27-3/h4-9,13,18H,10-12,14H2,1-3H3. The van der Waals surface area contributed by atoms with Crippen LogP contribution in [0.5, 0.6) is 11.5 Å². The van der Waals surface area contributed by atoms with Crippen LogP contribution in [0, 0.1) is 0 Å². The largest absolute Gasteiger partial charge is 0.493 e. The molecule has 0 saturated carbocycles. The molecule has 1 aliphatic heterocycles. The van der Waals surface area contributed by atoms with Crippen molar-refractivity contribution in [2.24, 2.45) is 0 Å². The Balaban J connectivity index is 1.73. The highest BCUT2D eigenvalue weighted by Crippen LogP contribution is 2.33. The molecule has 1 heterocycles. The number of methoxy groups -OCH3 is 2. The van der Waals surface area contributed by atoms with Crippen LogP contribution in [0.15, 0.2) is 42.5 Å². The molecular formula is C21H25ClN2O3. The summed E-state index contributed by atoms with van der Waals surface area (Å²) in [5, 5.41) is 0.680. The van der Waals surface area contributed by atoms with Gasteiger partial charge in [0.1, 0.15) is 0 Å². The molecule has 144 valence electrons. The Morgan fingerprint density at radius 2 is 1.78 bits per heavy atom. The van der Waals surface area contributed by atoms with Crippen molar-refractivity contribution in [3.63, 3.8) is 0 Å². The van der Waals surface area contributed by atoms with Crippen LogP contribution < -0.4 is 9.47 Å². The van der Waals surface area contributed by atoms with Crippen molar-refractivity contribution in [2.75, 3.05) is 40.9 Å². The predicted molar refractivity (Wildman–Crippen MR) is 107 cm³/mol. The number of ether oxygens (including phenoxy) is 2. The van der Waals surface area contributed by atoms with E-state index in [0.717, 1.165) is 24.2 Å². The first kappa shape index (κ1) is 19.5. The minimum atomic E-state index is 0.118. The minimum Gasteiger partial charge on any atom is -0.493 e. The fourth-order valence-corrected chi connectivity index (χ4v) is 3.53. The van der Waals surface area contributed by atoms with E-state index >= 15 is 0 Å². The molecule has 1 saturated heterocycles. The average Bonchev–Trinajstić information content (AvgIpc) is 2.69. The molecule has 5 nitrogen and oxygen atoms in total. The lowest BCUT2D eigenvalue weighted by molar-refractivity contribution is -0.133.